The van der Waals surface area contributed by atoms with E-state index in [1.807, 2.05) is 4.90 Å². The Morgan fingerprint density at radius 2 is 1.71 bits per heavy atom. The Hall–Kier alpha value is -4.71. The molecule has 0 saturated carbocycles. The standard InChI is InChI=1S/C41H53N7O8S2/c1-41(2,3)32-24-42-33(56-32)27-57-37-25-43-40(58-37)44-39(52)29-11-14-46(15-12-29)26-36(51)47-18-16-45(17-19-47)20-21-55-38-30(53-4)22-28(23-31(38)54-5)9-10-35(50)48-13-7-6-8-34(48)49/h6,8-10,22-25,29H,7,11-21,26-27H2,1-5H3,(H,43,44,52)/b10-9+. The van der Waals surface area contributed by atoms with Gasteiger partial charge in [0.25, 0.3) is 11.8 Å². The first kappa shape index (κ1) is 42.9. The van der Waals surface area contributed by atoms with Gasteiger partial charge in [-0.1, -0.05) is 38.2 Å². The number of aromatic nitrogens is 2. The van der Waals surface area contributed by atoms with E-state index in [0.717, 1.165) is 23.1 Å². The predicted octanol–water partition coefficient (Wildman–Crippen LogP) is 4.94. The van der Waals surface area contributed by atoms with Gasteiger partial charge in [-0.25, -0.2) is 9.97 Å². The first-order valence-electron chi connectivity index (χ1n) is 19.6. The minimum absolute atomic E-state index is 0.0281. The lowest BCUT2D eigenvalue weighted by Crippen LogP contribution is -2.52. The number of benzene rings is 1. The Morgan fingerprint density at radius 1 is 0.983 bits per heavy atom. The van der Waals surface area contributed by atoms with Crippen LogP contribution in [0.5, 0.6) is 17.2 Å². The van der Waals surface area contributed by atoms with Crippen LogP contribution in [0.2, 0.25) is 0 Å². The quantitative estimate of drug-likeness (QED) is 0.162. The maximum atomic E-state index is 13.2. The van der Waals surface area contributed by atoms with E-state index in [-0.39, 0.29) is 35.0 Å². The molecule has 1 N–H and O–H groups in total. The number of thiazole rings is 1. The molecule has 0 radical (unpaired) electrons. The zero-order valence-corrected chi connectivity index (χ0v) is 35.5. The van der Waals surface area contributed by atoms with Crippen molar-refractivity contribution < 1.29 is 37.8 Å². The number of oxazole rings is 1. The molecule has 2 saturated heterocycles. The summed E-state index contributed by atoms with van der Waals surface area (Å²) in [4.78, 5) is 67.2. The summed E-state index contributed by atoms with van der Waals surface area (Å²) in [5, 5.41) is 3.58. The number of methoxy groups -OCH3 is 2. The van der Waals surface area contributed by atoms with Crippen molar-refractivity contribution >= 4 is 57.9 Å². The third-order valence-electron chi connectivity index (χ3n) is 10.3. The fourth-order valence-corrected chi connectivity index (χ4v) is 8.52. The van der Waals surface area contributed by atoms with Crippen LogP contribution in [0.3, 0.4) is 0 Å². The molecule has 0 unspecified atom stereocenters. The zero-order valence-electron chi connectivity index (χ0n) is 33.9. The molecule has 0 spiro atoms. The Kier molecular flexibility index (Phi) is 14.7. The summed E-state index contributed by atoms with van der Waals surface area (Å²) in [7, 11) is 3.08. The number of piperazine rings is 1. The monoisotopic (exact) mass is 835 g/mol. The molecule has 5 heterocycles. The lowest BCUT2D eigenvalue weighted by molar-refractivity contribution is -0.139. The van der Waals surface area contributed by atoms with E-state index < -0.39 is 0 Å². The number of likely N-dealkylation sites (tertiary alicyclic amines) is 1. The van der Waals surface area contributed by atoms with E-state index in [1.54, 1.807) is 62.7 Å². The van der Waals surface area contributed by atoms with E-state index in [2.05, 4.69) is 45.9 Å². The Balaban J connectivity index is 0.878. The molecule has 3 aliphatic rings. The molecule has 15 nitrogen and oxygen atoms in total. The summed E-state index contributed by atoms with van der Waals surface area (Å²) < 4.78 is 24.2. The van der Waals surface area contributed by atoms with Crippen molar-refractivity contribution in [3.63, 3.8) is 0 Å². The SMILES string of the molecule is COc1cc(/C=C/C(=O)N2CCC=CC2=O)cc(OC)c1OCCN1CCN(C(=O)CN2CCC(C(=O)Nc3ncc(SCc4ncc(C(C)(C)C)o4)s3)CC2)CC1. The maximum absolute atomic E-state index is 13.2. The van der Waals surface area contributed by atoms with Crippen LogP contribution in [0, 0.1) is 5.92 Å². The number of amides is 4. The predicted molar refractivity (Wildman–Crippen MR) is 222 cm³/mol. The highest BCUT2D eigenvalue weighted by molar-refractivity contribution is 8.00. The van der Waals surface area contributed by atoms with Gasteiger partial charge in [-0.05, 0) is 62.2 Å². The summed E-state index contributed by atoms with van der Waals surface area (Å²) in [6.45, 7) is 12.1. The molecule has 6 rings (SSSR count). The molecule has 58 heavy (non-hydrogen) atoms. The lowest BCUT2D eigenvalue weighted by Gasteiger charge is -2.37. The largest absolute Gasteiger partial charge is 0.493 e. The van der Waals surface area contributed by atoms with Crippen molar-refractivity contribution in [2.75, 3.05) is 85.0 Å². The lowest BCUT2D eigenvalue weighted by atomic mass is 9.94. The van der Waals surface area contributed by atoms with E-state index in [0.29, 0.717) is 111 Å². The number of piperidine rings is 1. The fourth-order valence-electron chi connectivity index (χ4n) is 6.79. The average Bonchev–Trinajstić information content (AvgIpc) is 3.90. The molecule has 17 heteroatoms. The van der Waals surface area contributed by atoms with Gasteiger partial charge in [0.15, 0.2) is 16.6 Å². The summed E-state index contributed by atoms with van der Waals surface area (Å²) in [6.07, 6.45) is 11.7. The van der Waals surface area contributed by atoms with Gasteiger partial charge in [0, 0.05) is 56.7 Å². The number of hydrogen-bond acceptors (Lipinski definition) is 14. The second kappa shape index (κ2) is 19.8. The van der Waals surface area contributed by atoms with Crippen LogP contribution >= 0.6 is 23.1 Å². The summed E-state index contributed by atoms with van der Waals surface area (Å²) >= 11 is 3.02. The van der Waals surface area contributed by atoms with Crippen molar-refractivity contribution in [3.05, 3.63) is 60.0 Å². The molecule has 2 fully saturated rings. The second-order valence-electron chi connectivity index (χ2n) is 15.4. The molecule has 0 aliphatic carbocycles. The molecule has 2 aromatic heterocycles. The first-order chi connectivity index (χ1) is 27.9. The fraction of sp³-hybridized carbons (Fsp3) is 0.512. The van der Waals surface area contributed by atoms with Crippen LogP contribution in [0.15, 0.2) is 51.4 Å². The number of carbonyl (C=O) groups excluding carboxylic acids is 4. The minimum atomic E-state index is -0.385. The molecule has 3 aliphatic heterocycles. The third kappa shape index (κ3) is 11.5. The van der Waals surface area contributed by atoms with E-state index in [1.165, 1.54) is 28.4 Å². The summed E-state index contributed by atoms with van der Waals surface area (Å²) in [5.41, 5.74) is 0.570. The number of carbonyl (C=O) groups is 4. The van der Waals surface area contributed by atoms with Gasteiger partial charge in [0.1, 0.15) is 12.4 Å². The molecule has 0 bridgehead atoms. The number of ether oxygens (including phenoxy) is 3. The minimum Gasteiger partial charge on any atom is -0.493 e. The van der Waals surface area contributed by atoms with Gasteiger partial charge in [-0.2, -0.15) is 0 Å². The summed E-state index contributed by atoms with van der Waals surface area (Å²) in [5.74, 6) is 2.74. The number of hydrogen-bond donors (Lipinski definition) is 1. The van der Waals surface area contributed by atoms with E-state index in [4.69, 9.17) is 18.6 Å². The molecule has 312 valence electrons. The number of nitrogens with zero attached hydrogens (tertiary/aromatic N) is 6. The maximum Gasteiger partial charge on any atom is 0.253 e. The molecule has 3 aromatic rings. The van der Waals surface area contributed by atoms with Crippen molar-refractivity contribution in [2.45, 2.75) is 55.4 Å². The van der Waals surface area contributed by atoms with Crippen LogP contribution < -0.4 is 19.5 Å². The number of thioether (sulfide) groups is 1. The van der Waals surface area contributed by atoms with Gasteiger partial charge >= 0.3 is 0 Å². The highest BCUT2D eigenvalue weighted by Crippen LogP contribution is 2.39. The smallest absolute Gasteiger partial charge is 0.253 e. The van der Waals surface area contributed by atoms with Crippen molar-refractivity contribution in [2.24, 2.45) is 5.92 Å². The highest BCUT2D eigenvalue weighted by Gasteiger charge is 2.29. The summed E-state index contributed by atoms with van der Waals surface area (Å²) in [6, 6.07) is 3.51. The molecule has 4 amide bonds. The van der Waals surface area contributed by atoms with Crippen LogP contribution in [0.1, 0.15) is 57.2 Å². The zero-order chi connectivity index (χ0) is 41.2. The van der Waals surface area contributed by atoms with Crippen LogP contribution in [-0.4, -0.2) is 133 Å². The number of anilines is 1. The van der Waals surface area contributed by atoms with E-state index in [9.17, 15) is 19.2 Å². The Morgan fingerprint density at radius 3 is 2.36 bits per heavy atom. The van der Waals surface area contributed by atoms with Gasteiger partial charge < -0.3 is 28.8 Å². The van der Waals surface area contributed by atoms with Crippen molar-refractivity contribution in [1.82, 2.24) is 29.6 Å². The van der Waals surface area contributed by atoms with Gasteiger partial charge in [0.2, 0.25) is 23.5 Å². The van der Waals surface area contributed by atoms with Crippen LogP contribution in [0.4, 0.5) is 5.13 Å². The van der Waals surface area contributed by atoms with Gasteiger partial charge in [-0.3, -0.25) is 33.9 Å². The Labute approximate surface area is 347 Å². The normalized spacial score (nSPS) is 17.2. The van der Waals surface area contributed by atoms with Crippen LogP contribution in [-0.2, 0) is 30.3 Å². The second-order valence-corrected chi connectivity index (χ2v) is 17.7. The van der Waals surface area contributed by atoms with Gasteiger partial charge in [-0.15, -0.1) is 11.8 Å². The van der Waals surface area contributed by atoms with Crippen molar-refractivity contribution in [3.8, 4) is 17.2 Å². The van der Waals surface area contributed by atoms with E-state index >= 15 is 0 Å². The third-order valence-corrected chi connectivity index (χ3v) is 12.3. The number of nitrogens with one attached hydrogen (secondary N) is 1. The molecular weight excluding hydrogens is 783 g/mol. The number of rotatable bonds is 15. The van der Waals surface area contributed by atoms with Gasteiger partial charge in [0.05, 0.1) is 43.1 Å². The first-order valence-corrected chi connectivity index (χ1v) is 21.4. The number of imide groups is 1. The van der Waals surface area contributed by atoms with Crippen molar-refractivity contribution in [1.29, 1.82) is 0 Å². The highest BCUT2D eigenvalue weighted by atomic mass is 32.2. The average molecular weight is 836 g/mol. The van der Waals surface area contributed by atoms with Crippen LogP contribution in [0.25, 0.3) is 6.08 Å². The molecule has 1 aromatic carbocycles. The topological polar surface area (TPSA) is 160 Å². The molecular formula is C41H53N7O8S2. The molecule has 0 atom stereocenters. The Bertz CT molecular complexity index is 1950.